The molecular weight excluding hydrogens is 85.9 g/mol. The monoisotopic (exact) mass is 88.0 g/mol. The topological polar surface area (TPSA) is 0 Å². The molecular formula is C6H2Li2. The first-order chi connectivity index (χ1) is 2.91. The zero-order valence-corrected chi connectivity index (χ0v) is 5.15. The van der Waals surface area contributed by atoms with E-state index in [4.69, 9.17) is 12.8 Å². The van der Waals surface area contributed by atoms with E-state index in [-0.39, 0.29) is 37.7 Å². The average Bonchev–Trinajstić information content (AvgIpc) is 1.61. The van der Waals surface area contributed by atoms with E-state index in [1.54, 1.807) is 0 Å². The average molecular weight is 88.0 g/mol. The Hall–Kier alpha value is 0.0548. The van der Waals surface area contributed by atoms with Crippen LogP contribution in [-0.4, -0.2) is 0 Å². The van der Waals surface area contributed by atoms with Crippen molar-refractivity contribution in [1.82, 2.24) is 0 Å². The van der Waals surface area contributed by atoms with Crippen LogP contribution in [-0.2, 0) is 0 Å². The molecule has 0 aromatic heterocycles. The smallest absolute Gasteiger partial charge is 0.368 e. The second kappa shape index (κ2) is 15.7. The minimum absolute atomic E-state index is 0. The van der Waals surface area contributed by atoms with Gasteiger partial charge in [0.2, 0.25) is 0 Å². The van der Waals surface area contributed by atoms with Crippen molar-refractivity contribution in [3.05, 3.63) is 25.0 Å². The fraction of sp³-hybridized carbons (Fsp3) is 0. The van der Waals surface area contributed by atoms with E-state index in [9.17, 15) is 0 Å². The molecule has 0 aliphatic heterocycles. The van der Waals surface area contributed by atoms with Crippen LogP contribution in [0.15, 0.2) is 12.2 Å². The summed E-state index contributed by atoms with van der Waals surface area (Å²) in [6.07, 6.45) is 15.1. The van der Waals surface area contributed by atoms with Crippen molar-refractivity contribution in [2.75, 3.05) is 0 Å². The van der Waals surface area contributed by atoms with Crippen LogP contribution < -0.4 is 37.7 Å². The first-order valence-electron chi connectivity index (χ1n) is 1.41. The van der Waals surface area contributed by atoms with Gasteiger partial charge in [0.15, 0.2) is 0 Å². The molecule has 0 rings (SSSR count). The molecule has 0 nitrogen and oxygen atoms in total. The SMILES string of the molecule is [C-]#C/C=C\C#[C-].[Li+].[Li+]. The second-order valence-electron chi connectivity index (χ2n) is 0.622. The quantitative estimate of drug-likeness (QED) is 0.158. The molecule has 28 valence electrons. The third-order valence-electron chi connectivity index (χ3n) is 0.250. The molecule has 0 aromatic rings. The summed E-state index contributed by atoms with van der Waals surface area (Å²) in [5.74, 6) is 3.91. The van der Waals surface area contributed by atoms with Crippen molar-refractivity contribution in [2.24, 2.45) is 0 Å². The maximum absolute atomic E-state index is 6.25. The first kappa shape index (κ1) is 15.7. The van der Waals surface area contributed by atoms with Gasteiger partial charge in [-0.15, -0.1) is 0 Å². The van der Waals surface area contributed by atoms with Gasteiger partial charge in [-0.1, -0.05) is 0 Å². The third kappa shape index (κ3) is 16.6. The molecule has 0 fully saturated rings. The van der Waals surface area contributed by atoms with E-state index < -0.39 is 0 Å². The standard InChI is InChI=1S/C6H2.2Li/c1-3-5-6-4-2;;/h5-6H;;/q-2;2*+1/b6-5-;;. The largest absolute Gasteiger partial charge is 1.00 e. The van der Waals surface area contributed by atoms with Crippen LogP contribution in [0.3, 0.4) is 0 Å². The molecule has 0 aliphatic carbocycles. The summed E-state index contributed by atoms with van der Waals surface area (Å²) in [4.78, 5) is 0. The fourth-order valence-corrected chi connectivity index (χ4v) is 0.0833. The molecule has 0 aromatic carbocycles. The number of hydrogen-bond acceptors (Lipinski definition) is 0. The van der Waals surface area contributed by atoms with Gasteiger partial charge in [0, 0.05) is 0 Å². The zero-order chi connectivity index (χ0) is 4.83. The second-order valence-corrected chi connectivity index (χ2v) is 0.622. The Morgan fingerprint density at radius 3 is 1.25 bits per heavy atom. The Morgan fingerprint density at radius 2 is 1.12 bits per heavy atom. The van der Waals surface area contributed by atoms with Gasteiger partial charge >= 0.3 is 37.7 Å². The summed E-state index contributed by atoms with van der Waals surface area (Å²) in [7, 11) is 0. The molecule has 0 amide bonds. The van der Waals surface area contributed by atoms with Gasteiger partial charge in [-0.2, -0.15) is 0 Å². The van der Waals surface area contributed by atoms with Crippen molar-refractivity contribution >= 4 is 0 Å². The molecule has 0 saturated carbocycles. The molecule has 0 spiro atoms. The van der Waals surface area contributed by atoms with E-state index in [0.29, 0.717) is 0 Å². The summed E-state index contributed by atoms with van der Waals surface area (Å²) in [6.45, 7) is 0. The third-order valence-corrected chi connectivity index (χ3v) is 0.250. The Balaban J connectivity index is -0.000000125. The molecule has 2 heteroatoms. The van der Waals surface area contributed by atoms with Crippen molar-refractivity contribution in [2.45, 2.75) is 0 Å². The van der Waals surface area contributed by atoms with Crippen LogP contribution in [0.2, 0.25) is 0 Å². The van der Waals surface area contributed by atoms with E-state index in [1.807, 2.05) is 11.8 Å². The van der Waals surface area contributed by atoms with Gasteiger partial charge in [0.25, 0.3) is 0 Å². The predicted molar refractivity (Wildman–Crippen MR) is 23.4 cm³/mol. The first-order valence-corrected chi connectivity index (χ1v) is 1.41. The van der Waals surface area contributed by atoms with Gasteiger partial charge in [-0.25, -0.2) is 12.2 Å². The summed E-state index contributed by atoms with van der Waals surface area (Å²) >= 11 is 0. The van der Waals surface area contributed by atoms with Gasteiger partial charge in [-0.05, 0) is 0 Å². The Kier molecular flexibility index (Phi) is 30.9. The molecule has 0 unspecified atom stereocenters. The summed E-state index contributed by atoms with van der Waals surface area (Å²) in [6, 6.07) is 0. The van der Waals surface area contributed by atoms with Crippen molar-refractivity contribution in [3.8, 4) is 11.8 Å². The van der Waals surface area contributed by atoms with E-state index in [0.717, 1.165) is 0 Å². The summed E-state index contributed by atoms with van der Waals surface area (Å²) in [5.41, 5.74) is 0. The summed E-state index contributed by atoms with van der Waals surface area (Å²) < 4.78 is 0. The molecule has 0 saturated heterocycles. The maximum atomic E-state index is 6.25. The van der Waals surface area contributed by atoms with Gasteiger partial charge < -0.3 is 24.7 Å². The van der Waals surface area contributed by atoms with Crippen LogP contribution in [0.25, 0.3) is 0 Å². The zero-order valence-electron chi connectivity index (χ0n) is 5.15. The van der Waals surface area contributed by atoms with Gasteiger partial charge in [-0.3, -0.25) is 0 Å². The normalized spacial score (nSPS) is 5.25. The Labute approximate surface area is 74.5 Å². The van der Waals surface area contributed by atoms with Crippen LogP contribution in [0, 0.1) is 24.7 Å². The summed E-state index contributed by atoms with van der Waals surface area (Å²) in [5, 5.41) is 0. The minimum atomic E-state index is 0. The molecule has 0 heterocycles. The predicted octanol–water partition coefficient (Wildman–Crippen LogP) is -5.27. The molecule has 0 radical (unpaired) electrons. The van der Waals surface area contributed by atoms with E-state index in [1.165, 1.54) is 12.2 Å². The number of allylic oxidation sites excluding steroid dienone is 2. The molecule has 0 atom stereocenters. The molecule has 8 heavy (non-hydrogen) atoms. The van der Waals surface area contributed by atoms with Crippen LogP contribution in [0.5, 0.6) is 0 Å². The molecule has 0 aliphatic rings. The number of rotatable bonds is 0. The van der Waals surface area contributed by atoms with Crippen LogP contribution >= 0.6 is 0 Å². The Bertz CT molecular complexity index is 106. The van der Waals surface area contributed by atoms with E-state index >= 15 is 0 Å². The Morgan fingerprint density at radius 1 is 0.875 bits per heavy atom. The fourth-order valence-electron chi connectivity index (χ4n) is 0.0833. The molecule has 0 N–H and O–H groups in total. The number of hydrogen-bond donors (Lipinski definition) is 0. The van der Waals surface area contributed by atoms with Gasteiger partial charge in [0.05, 0.1) is 0 Å². The van der Waals surface area contributed by atoms with E-state index in [2.05, 4.69) is 0 Å². The van der Waals surface area contributed by atoms with Gasteiger partial charge in [0.1, 0.15) is 0 Å². The molecule has 0 bridgehead atoms. The maximum Gasteiger partial charge on any atom is 1.00 e. The van der Waals surface area contributed by atoms with Crippen molar-refractivity contribution in [1.29, 1.82) is 0 Å². The van der Waals surface area contributed by atoms with Crippen LogP contribution in [0.4, 0.5) is 0 Å². The minimum Gasteiger partial charge on any atom is -0.368 e. The van der Waals surface area contributed by atoms with Crippen molar-refractivity contribution < 1.29 is 37.7 Å². The van der Waals surface area contributed by atoms with Crippen molar-refractivity contribution in [3.63, 3.8) is 0 Å². The van der Waals surface area contributed by atoms with Crippen LogP contribution in [0.1, 0.15) is 0 Å².